The quantitative estimate of drug-likeness (QED) is 0.594. The third kappa shape index (κ3) is 2.22. The Labute approximate surface area is 62.9 Å². The topological polar surface area (TPSA) is 0 Å². The highest BCUT2D eigenvalue weighted by atomic mass is 13.9. The van der Waals surface area contributed by atoms with Crippen LogP contribution in [0, 0.1) is 6.42 Å². The number of unbranched alkanes of at least 4 members (excludes halogenated alkanes) is 1. The van der Waals surface area contributed by atoms with Gasteiger partial charge in [-0.15, -0.1) is 0 Å². The molecule has 1 radical (unpaired) electrons. The van der Waals surface area contributed by atoms with Gasteiger partial charge in [0.05, 0.1) is 0 Å². The van der Waals surface area contributed by atoms with Crippen LogP contribution in [0.5, 0.6) is 0 Å². The van der Waals surface area contributed by atoms with Gasteiger partial charge in [0, 0.05) is 0 Å². The van der Waals surface area contributed by atoms with Crippen molar-refractivity contribution in [1.29, 1.82) is 0 Å². The zero-order valence-corrected chi connectivity index (χ0v) is 6.38. The van der Waals surface area contributed by atoms with Crippen LogP contribution >= 0.6 is 0 Å². The van der Waals surface area contributed by atoms with Crippen LogP contribution in [0.3, 0.4) is 0 Å². The molecule has 0 saturated heterocycles. The molecule has 1 aromatic carbocycles. The van der Waals surface area contributed by atoms with Crippen LogP contribution in [0.1, 0.15) is 25.3 Å². The molecule has 0 aromatic heterocycles. The summed E-state index contributed by atoms with van der Waals surface area (Å²) in [5.41, 5.74) is 1.34. The lowest BCUT2D eigenvalue weighted by Crippen LogP contribution is -1.78. The van der Waals surface area contributed by atoms with Crippen molar-refractivity contribution in [2.45, 2.75) is 19.8 Å². The second-order valence-corrected chi connectivity index (χ2v) is 2.40. The smallest absolute Gasteiger partial charge is 0.00932 e. The first-order chi connectivity index (χ1) is 4.93. The molecule has 0 nitrogen and oxygen atoms in total. The molecule has 0 heterocycles. The Bertz CT molecular complexity index is 165. The first-order valence-corrected chi connectivity index (χ1v) is 3.81. The molecular formula is C10H13. The van der Waals surface area contributed by atoms with Crippen molar-refractivity contribution in [2.24, 2.45) is 0 Å². The van der Waals surface area contributed by atoms with E-state index in [-0.39, 0.29) is 0 Å². The first-order valence-electron chi connectivity index (χ1n) is 3.81. The van der Waals surface area contributed by atoms with E-state index in [0.717, 1.165) is 0 Å². The maximum absolute atomic E-state index is 2.26. The van der Waals surface area contributed by atoms with E-state index < -0.39 is 0 Å². The first kappa shape index (κ1) is 7.33. The van der Waals surface area contributed by atoms with Gasteiger partial charge in [-0.2, -0.15) is 0 Å². The predicted octanol–water partition coefficient (Wildman–Crippen LogP) is 3.04. The van der Waals surface area contributed by atoms with Crippen LogP contribution in [0.2, 0.25) is 0 Å². The van der Waals surface area contributed by atoms with E-state index in [0.29, 0.717) is 0 Å². The average molecular weight is 133 g/mol. The highest BCUT2D eigenvalue weighted by Crippen LogP contribution is 2.05. The summed E-state index contributed by atoms with van der Waals surface area (Å²) in [5.74, 6) is 0. The Kier molecular flexibility index (Phi) is 3.01. The molecule has 0 spiro atoms. The maximum atomic E-state index is 2.26. The van der Waals surface area contributed by atoms with Crippen LogP contribution < -0.4 is 0 Å². The molecular weight excluding hydrogens is 120 g/mol. The SMILES string of the molecule is CCC[CH]c1ccccc1. The number of hydrogen-bond acceptors (Lipinski definition) is 0. The van der Waals surface area contributed by atoms with Crippen LogP contribution in [0.25, 0.3) is 0 Å². The van der Waals surface area contributed by atoms with E-state index in [4.69, 9.17) is 0 Å². The van der Waals surface area contributed by atoms with Crippen molar-refractivity contribution in [1.82, 2.24) is 0 Å². The maximum Gasteiger partial charge on any atom is -0.00932 e. The molecule has 0 N–H and O–H groups in total. The van der Waals surface area contributed by atoms with Gasteiger partial charge >= 0.3 is 0 Å². The highest BCUT2D eigenvalue weighted by Gasteiger charge is 1.87. The van der Waals surface area contributed by atoms with Crippen molar-refractivity contribution in [3.8, 4) is 0 Å². The van der Waals surface area contributed by atoms with E-state index in [9.17, 15) is 0 Å². The minimum absolute atomic E-state index is 1.18. The number of hydrogen-bond donors (Lipinski definition) is 0. The monoisotopic (exact) mass is 133 g/mol. The van der Waals surface area contributed by atoms with Gasteiger partial charge < -0.3 is 0 Å². The molecule has 0 unspecified atom stereocenters. The van der Waals surface area contributed by atoms with E-state index in [2.05, 4.69) is 37.6 Å². The van der Waals surface area contributed by atoms with Crippen molar-refractivity contribution in [3.05, 3.63) is 42.3 Å². The summed E-state index contributed by atoms with van der Waals surface area (Å²) >= 11 is 0. The summed E-state index contributed by atoms with van der Waals surface area (Å²) in [7, 11) is 0. The molecule has 53 valence electrons. The zero-order valence-electron chi connectivity index (χ0n) is 6.38. The van der Waals surface area contributed by atoms with E-state index in [1.165, 1.54) is 18.4 Å². The molecule has 0 heteroatoms. The van der Waals surface area contributed by atoms with E-state index >= 15 is 0 Å². The standard InChI is InChI=1S/C10H13/c1-2-3-7-10-8-5-4-6-9-10/h4-9H,2-3H2,1H3. The van der Waals surface area contributed by atoms with E-state index in [1.54, 1.807) is 0 Å². The lowest BCUT2D eigenvalue weighted by atomic mass is 10.1. The molecule has 0 atom stereocenters. The lowest BCUT2D eigenvalue weighted by Gasteiger charge is -1.95. The molecule has 10 heavy (non-hydrogen) atoms. The fourth-order valence-corrected chi connectivity index (χ4v) is 0.900. The fraction of sp³-hybridized carbons (Fsp3) is 0.300. The normalized spacial score (nSPS) is 9.70. The molecule has 0 aliphatic carbocycles. The number of rotatable bonds is 3. The van der Waals surface area contributed by atoms with E-state index in [1.807, 2.05) is 6.07 Å². The summed E-state index contributed by atoms with van der Waals surface area (Å²) in [4.78, 5) is 0. The van der Waals surface area contributed by atoms with Crippen molar-refractivity contribution in [2.75, 3.05) is 0 Å². The number of benzene rings is 1. The van der Waals surface area contributed by atoms with Gasteiger partial charge in [-0.3, -0.25) is 0 Å². The minimum Gasteiger partial charge on any atom is -0.0654 e. The summed E-state index contributed by atoms with van der Waals surface area (Å²) in [6, 6.07) is 10.5. The molecule has 0 bridgehead atoms. The van der Waals surface area contributed by atoms with Crippen LogP contribution in [0.4, 0.5) is 0 Å². The van der Waals surface area contributed by atoms with Crippen molar-refractivity contribution in [3.63, 3.8) is 0 Å². The Hall–Kier alpha value is -0.780. The van der Waals surface area contributed by atoms with Crippen LogP contribution in [0.15, 0.2) is 30.3 Å². The van der Waals surface area contributed by atoms with Gasteiger partial charge in [-0.05, 0) is 18.4 Å². The lowest BCUT2D eigenvalue weighted by molar-refractivity contribution is 0.914. The summed E-state index contributed by atoms with van der Waals surface area (Å²) in [6.45, 7) is 2.19. The van der Waals surface area contributed by atoms with Crippen molar-refractivity contribution < 1.29 is 0 Å². The van der Waals surface area contributed by atoms with Crippen LogP contribution in [-0.4, -0.2) is 0 Å². The second kappa shape index (κ2) is 4.10. The third-order valence-electron chi connectivity index (χ3n) is 1.47. The predicted molar refractivity (Wildman–Crippen MR) is 44.8 cm³/mol. The molecule has 0 aliphatic rings. The second-order valence-electron chi connectivity index (χ2n) is 2.40. The largest absolute Gasteiger partial charge is 0.0654 e. The average Bonchev–Trinajstić information content (AvgIpc) is 2.03. The molecule has 0 saturated carbocycles. The Balaban J connectivity index is 2.43. The zero-order chi connectivity index (χ0) is 7.23. The highest BCUT2D eigenvalue weighted by molar-refractivity contribution is 5.21. The van der Waals surface area contributed by atoms with Gasteiger partial charge in [-0.1, -0.05) is 43.7 Å². The van der Waals surface area contributed by atoms with Gasteiger partial charge in [-0.25, -0.2) is 0 Å². The Morgan fingerprint density at radius 2 is 1.90 bits per heavy atom. The van der Waals surface area contributed by atoms with Gasteiger partial charge in [0.1, 0.15) is 0 Å². The Morgan fingerprint density at radius 1 is 1.20 bits per heavy atom. The van der Waals surface area contributed by atoms with Crippen LogP contribution in [-0.2, 0) is 0 Å². The molecule has 0 fully saturated rings. The van der Waals surface area contributed by atoms with Gasteiger partial charge in [0.25, 0.3) is 0 Å². The van der Waals surface area contributed by atoms with Crippen molar-refractivity contribution >= 4 is 0 Å². The summed E-state index contributed by atoms with van der Waals surface area (Å²) in [6.07, 6.45) is 4.68. The molecule has 1 rings (SSSR count). The summed E-state index contributed by atoms with van der Waals surface area (Å²) < 4.78 is 0. The Morgan fingerprint density at radius 3 is 2.50 bits per heavy atom. The molecule has 0 amide bonds. The fourth-order valence-electron chi connectivity index (χ4n) is 0.900. The third-order valence-corrected chi connectivity index (χ3v) is 1.47. The molecule has 0 aliphatic heterocycles. The van der Waals surface area contributed by atoms with Gasteiger partial charge in [0.15, 0.2) is 0 Å². The van der Waals surface area contributed by atoms with Gasteiger partial charge in [0.2, 0.25) is 0 Å². The summed E-state index contributed by atoms with van der Waals surface area (Å²) in [5, 5.41) is 0. The minimum atomic E-state index is 1.18. The molecule has 1 aromatic rings.